The number of benzene rings is 1. The molecule has 0 amide bonds. The molecular formula is C16H19BrN2S. The van der Waals surface area contributed by atoms with Gasteiger partial charge >= 0.3 is 0 Å². The van der Waals surface area contributed by atoms with Crippen molar-refractivity contribution in [3.05, 3.63) is 51.9 Å². The van der Waals surface area contributed by atoms with Gasteiger partial charge in [-0.1, -0.05) is 50.6 Å². The third-order valence-electron chi connectivity index (χ3n) is 2.81. The molecule has 0 aliphatic carbocycles. The number of aryl methyl sites for hydroxylation is 1. The van der Waals surface area contributed by atoms with Gasteiger partial charge in [0.25, 0.3) is 0 Å². The maximum Gasteiger partial charge on any atom is 0.136 e. The normalized spacial score (nSPS) is 11.7. The highest BCUT2D eigenvalue weighted by atomic mass is 79.9. The lowest BCUT2D eigenvalue weighted by atomic mass is 9.96. The Morgan fingerprint density at radius 2 is 1.90 bits per heavy atom. The molecule has 0 aliphatic rings. The summed E-state index contributed by atoms with van der Waals surface area (Å²) >= 11 is 5.22. The Labute approximate surface area is 133 Å². The van der Waals surface area contributed by atoms with Crippen molar-refractivity contribution in [3.8, 4) is 0 Å². The third kappa shape index (κ3) is 4.32. The summed E-state index contributed by atoms with van der Waals surface area (Å²) in [4.78, 5) is 9.13. The quantitative estimate of drug-likeness (QED) is 0.566. The van der Waals surface area contributed by atoms with Crippen molar-refractivity contribution < 1.29 is 0 Å². The summed E-state index contributed by atoms with van der Waals surface area (Å²) in [7, 11) is 0. The molecule has 0 saturated carbocycles. The molecule has 2 aromatic rings. The third-order valence-corrected chi connectivity index (χ3v) is 4.20. The van der Waals surface area contributed by atoms with E-state index in [2.05, 4.69) is 77.9 Å². The maximum atomic E-state index is 4.66. The average molecular weight is 351 g/mol. The molecule has 2 rings (SSSR count). The Hall–Kier alpha value is -0.870. The summed E-state index contributed by atoms with van der Waals surface area (Å²) in [6.45, 7) is 8.50. The molecule has 20 heavy (non-hydrogen) atoms. The van der Waals surface area contributed by atoms with E-state index in [0.717, 1.165) is 21.2 Å². The first kappa shape index (κ1) is 15.5. The first-order chi connectivity index (χ1) is 9.34. The van der Waals surface area contributed by atoms with Gasteiger partial charge in [-0.05, 0) is 28.4 Å². The number of nitrogens with zero attached hydrogens (tertiary/aromatic N) is 2. The SMILES string of the molecule is Cc1cccc(CSc2cc(Br)nc(C(C)(C)C)n2)c1. The van der Waals surface area contributed by atoms with Gasteiger partial charge in [-0.15, -0.1) is 11.8 Å². The molecule has 1 aromatic heterocycles. The van der Waals surface area contributed by atoms with E-state index in [-0.39, 0.29) is 5.41 Å². The number of hydrogen-bond donors (Lipinski definition) is 0. The zero-order valence-corrected chi connectivity index (χ0v) is 14.7. The van der Waals surface area contributed by atoms with Crippen LogP contribution in [0.15, 0.2) is 40.0 Å². The molecule has 1 heterocycles. The Balaban J connectivity index is 2.16. The van der Waals surface area contributed by atoms with Crippen LogP contribution in [-0.4, -0.2) is 9.97 Å². The second kappa shape index (κ2) is 6.27. The van der Waals surface area contributed by atoms with Crippen molar-refractivity contribution in [3.63, 3.8) is 0 Å². The highest BCUT2D eigenvalue weighted by Gasteiger charge is 2.18. The van der Waals surface area contributed by atoms with E-state index >= 15 is 0 Å². The minimum absolute atomic E-state index is 0.0393. The van der Waals surface area contributed by atoms with Gasteiger partial charge < -0.3 is 0 Å². The Kier molecular flexibility index (Phi) is 4.86. The summed E-state index contributed by atoms with van der Waals surface area (Å²) in [6.07, 6.45) is 0. The van der Waals surface area contributed by atoms with Crippen LogP contribution in [0.4, 0.5) is 0 Å². The smallest absolute Gasteiger partial charge is 0.136 e. The lowest BCUT2D eigenvalue weighted by Gasteiger charge is -2.17. The Bertz CT molecular complexity index is 606. The summed E-state index contributed by atoms with van der Waals surface area (Å²) in [5, 5.41) is 1.01. The fraction of sp³-hybridized carbons (Fsp3) is 0.375. The van der Waals surface area contributed by atoms with E-state index in [1.165, 1.54) is 11.1 Å². The average Bonchev–Trinajstić information content (AvgIpc) is 2.35. The predicted octanol–water partition coefficient (Wildman–Crippen LogP) is 5.14. The highest BCUT2D eigenvalue weighted by molar-refractivity contribution is 9.10. The van der Waals surface area contributed by atoms with Crippen molar-refractivity contribution in [2.45, 2.75) is 43.9 Å². The zero-order valence-electron chi connectivity index (χ0n) is 12.3. The van der Waals surface area contributed by atoms with Crippen LogP contribution in [0.2, 0.25) is 0 Å². The van der Waals surface area contributed by atoms with Gasteiger partial charge in [-0.3, -0.25) is 0 Å². The van der Waals surface area contributed by atoms with E-state index in [9.17, 15) is 0 Å². The number of thioether (sulfide) groups is 1. The van der Waals surface area contributed by atoms with Crippen molar-refractivity contribution >= 4 is 27.7 Å². The molecule has 0 spiro atoms. The summed E-state index contributed by atoms with van der Waals surface area (Å²) in [5.41, 5.74) is 2.58. The summed E-state index contributed by atoms with van der Waals surface area (Å²) in [5.74, 6) is 1.80. The van der Waals surface area contributed by atoms with Crippen LogP contribution in [0, 0.1) is 6.92 Å². The topological polar surface area (TPSA) is 25.8 Å². The van der Waals surface area contributed by atoms with Crippen LogP contribution in [0.5, 0.6) is 0 Å². The largest absolute Gasteiger partial charge is 0.226 e. The molecule has 0 aliphatic heterocycles. The van der Waals surface area contributed by atoms with Gasteiger partial charge in [0.2, 0.25) is 0 Å². The van der Waals surface area contributed by atoms with Crippen LogP contribution in [0.25, 0.3) is 0 Å². The van der Waals surface area contributed by atoms with Crippen LogP contribution < -0.4 is 0 Å². The van der Waals surface area contributed by atoms with Crippen LogP contribution in [0.3, 0.4) is 0 Å². The van der Waals surface area contributed by atoms with E-state index in [1.807, 2.05) is 6.07 Å². The van der Waals surface area contributed by atoms with Crippen molar-refractivity contribution in [1.82, 2.24) is 9.97 Å². The monoisotopic (exact) mass is 350 g/mol. The molecule has 0 atom stereocenters. The lowest BCUT2D eigenvalue weighted by Crippen LogP contribution is -2.16. The van der Waals surface area contributed by atoms with E-state index < -0.39 is 0 Å². The molecular weight excluding hydrogens is 332 g/mol. The van der Waals surface area contributed by atoms with E-state index in [4.69, 9.17) is 0 Å². The van der Waals surface area contributed by atoms with E-state index in [0.29, 0.717) is 0 Å². The number of hydrogen-bond acceptors (Lipinski definition) is 3. The molecule has 0 radical (unpaired) electrons. The number of halogens is 1. The molecule has 106 valence electrons. The van der Waals surface area contributed by atoms with Crippen molar-refractivity contribution in [2.75, 3.05) is 0 Å². The predicted molar refractivity (Wildman–Crippen MR) is 89.2 cm³/mol. The first-order valence-corrected chi connectivity index (χ1v) is 8.36. The number of rotatable bonds is 3. The minimum Gasteiger partial charge on any atom is -0.226 e. The molecule has 0 bridgehead atoms. The minimum atomic E-state index is -0.0393. The van der Waals surface area contributed by atoms with Gasteiger partial charge in [-0.25, -0.2) is 9.97 Å². The first-order valence-electron chi connectivity index (χ1n) is 6.58. The fourth-order valence-corrected chi connectivity index (χ4v) is 3.14. The zero-order chi connectivity index (χ0) is 14.8. The van der Waals surface area contributed by atoms with Crippen LogP contribution in [-0.2, 0) is 11.2 Å². The van der Waals surface area contributed by atoms with Crippen LogP contribution in [0.1, 0.15) is 37.7 Å². The standard InChI is InChI=1S/C16H19BrN2S/c1-11-6-5-7-12(8-11)10-20-14-9-13(17)18-15(19-14)16(2,3)4/h5-9H,10H2,1-4H3. The van der Waals surface area contributed by atoms with Gasteiger partial charge in [0.1, 0.15) is 15.5 Å². The van der Waals surface area contributed by atoms with Crippen LogP contribution >= 0.6 is 27.7 Å². The fourth-order valence-electron chi connectivity index (χ4n) is 1.77. The Morgan fingerprint density at radius 3 is 2.55 bits per heavy atom. The molecule has 0 fully saturated rings. The maximum absolute atomic E-state index is 4.66. The van der Waals surface area contributed by atoms with Gasteiger partial charge in [0.15, 0.2) is 0 Å². The highest BCUT2D eigenvalue weighted by Crippen LogP contribution is 2.27. The van der Waals surface area contributed by atoms with Gasteiger partial charge in [0, 0.05) is 17.2 Å². The lowest BCUT2D eigenvalue weighted by molar-refractivity contribution is 0.536. The molecule has 0 unspecified atom stereocenters. The molecule has 1 aromatic carbocycles. The molecule has 0 saturated heterocycles. The molecule has 4 heteroatoms. The van der Waals surface area contributed by atoms with Crippen molar-refractivity contribution in [2.24, 2.45) is 0 Å². The summed E-state index contributed by atoms with van der Waals surface area (Å²) in [6, 6.07) is 10.6. The van der Waals surface area contributed by atoms with E-state index in [1.54, 1.807) is 11.8 Å². The molecule has 2 nitrogen and oxygen atoms in total. The van der Waals surface area contributed by atoms with Gasteiger partial charge in [-0.2, -0.15) is 0 Å². The molecule has 0 N–H and O–H groups in total. The van der Waals surface area contributed by atoms with Gasteiger partial charge in [0.05, 0.1) is 0 Å². The number of aromatic nitrogens is 2. The second-order valence-electron chi connectivity index (χ2n) is 5.88. The Morgan fingerprint density at radius 1 is 1.15 bits per heavy atom. The second-order valence-corrected chi connectivity index (χ2v) is 7.69. The summed E-state index contributed by atoms with van der Waals surface area (Å²) < 4.78 is 0.851. The van der Waals surface area contributed by atoms with Crippen molar-refractivity contribution in [1.29, 1.82) is 0 Å².